The van der Waals surface area contributed by atoms with Crippen molar-refractivity contribution < 1.29 is 27.4 Å². The highest BCUT2D eigenvalue weighted by molar-refractivity contribution is 7.92. The van der Waals surface area contributed by atoms with E-state index in [1.807, 2.05) is 0 Å². The Morgan fingerprint density at radius 3 is 2.47 bits per heavy atom. The molecule has 0 unspecified atom stereocenters. The molecule has 0 bridgehead atoms. The molecule has 2 rings (SSSR count). The second-order valence-corrected chi connectivity index (χ2v) is 7.13. The van der Waals surface area contributed by atoms with Crippen molar-refractivity contribution >= 4 is 27.5 Å². The van der Waals surface area contributed by atoms with Crippen LogP contribution < -0.4 is 19.5 Å². The zero-order valence-corrected chi connectivity index (χ0v) is 17.2. The van der Waals surface area contributed by atoms with Crippen LogP contribution in [0.3, 0.4) is 0 Å². The lowest BCUT2D eigenvalue weighted by atomic mass is 10.3. The van der Waals surface area contributed by atoms with E-state index in [1.54, 1.807) is 13.0 Å². The first-order chi connectivity index (χ1) is 14.3. The number of hydrogen-bond acceptors (Lipinski definition) is 10. The molecule has 0 atom stereocenters. The molecule has 158 valence electrons. The smallest absolute Gasteiger partial charge is 0.350 e. The highest BCUT2D eigenvalue weighted by Gasteiger charge is 2.17. The number of esters is 1. The van der Waals surface area contributed by atoms with E-state index in [2.05, 4.69) is 20.0 Å². The van der Waals surface area contributed by atoms with E-state index in [1.165, 1.54) is 50.8 Å². The summed E-state index contributed by atoms with van der Waals surface area (Å²) in [6, 6.07) is 8.57. The number of methoxy groups -OCH3 is 2. The zero-order chi connectivity index (χ0) is 22.1. The van der Waals surface area contributed by atoms with Gasteiger partial charge in [-0.05, 0) is 31.2 Å². The van der Waals surface area contributed by atoms with Crippen LogP contribution in [0.25, 0.3) is 0 Å². The summed E-state index contributed by atoms with van der Waals surface area (Å²) >= 11 is 0. The first kappa shape index (κ1) is 22.4. The average molecular weight is 433 g/mol. The van der Waals surface area contributed by atoms with Crippen molar-refractivity contribution in [1.82, 2.24) is 9.97 Å². The Morgan fingerprint density at radius 2 is 1.90 bits per heavy atom. The van der Waals surface area contributed by atoms with Gasteiger partial charge in [0.05, 0.1) is 25.7 Å². The molecule has 1 heterocycles. The Labute approximate surface area is 173 Å². The zero-order valence-electron chi connectivity index (χ0n) is 16.4. The van der Waals surface area contributed by atoms with Crippen LogP contribution in [-0.2, 0) is 19.6 Å². The van der Waals surface area contributed by atoms with Gasteiger partial charge in [-0.1, -0.05) is 0 Å². The lowest BCUT2D eigenvalue weighted by Crippen LogP contribution is -2.14. The summed E-state index contributed by atoms with van der Waals surface area (Å²) in [7, 11) is -1.24. The number of sulfonamides is 1. The topological polar surface area (TPSA) is 153 Å². The predicted octanol–water partition coefficient (Wildman–Crippen LogP) is 1.68. The molecule has 0 aliphatic rings. The van der Waals surface area contributed by atoms with Crippen LogP contribution in [0.5, 0.6) is 11.9 Å². The Morgan fingerprint density at radius 1 is 1.20 bits per heavy atom. The number of nitrogens with zero attached hydrogens (tertiary/aromatic N) is 3. The summed E-state index contributed by atoms with van der Waals surface area (Å²) in [5.74, 6) is -0.663. The number of benzene rings is 1. The average Bonchev–Trinajstić information content (AvgIpc) is 2.74. The standard InChI is InChI=1S/C18H19N5O6S/c1-4-29-17(24)12(10-19)11-20-13-5-7-14(8-6-13)30(25,26)23-15-9-16(27-2)22-18(21-15)28-3/h5-9,11,20H,4H2,1-3H3,(H,21,22,23)/b12-11-. The van der Waals surface area contributed by atoms with Crippen LogP contribution in [0.2, 0.25) is 0 Å². The van der Waals surface area contributed by atoms with Crippen LogP contribution in [0.4, 0.5) is 11.5 Å². The van der Waals surface area contributed by atoms with Gasteiger partial charge in [-0.25, -0.2) is 13.2 Å². The van der Waals surface area contributed by atoms with Gasteiger partial charge in [0.1, 0.15) is 6.07 Å². The van der Waals surface area contributed by atoms with Crippen molar-refractivity contribution in [3.8, 4) is 18.0 Å². The normalized spacial score (nSPS) is 11.2. The second kappa shape index (κ2) is 10.1. The van der Waals surface area contributed by atoms with Gasteiger partial charge in [0, 0.05) is 18.0 Å². The summed E-state index contributed by atoms with van der Waals surface area (Å²) in [6.45, 7) is 1.77. The summed E-state index contributed by atoms with van der Waals surface area (Å²) < 4.78 is 42.2. The van der Waals surface area contributed by atoms with Crippen LogP contribution in [-0.4, -0.2) is 45.2 Å². The van der Waals surface area contributed by atoms with E-state index in [-0.39, 0.29) is 34.8 Å². The maximum Gasteiger partial charge on any atom is 0.350 e. The van der Waals surface area contributed by atoms with E-state index < -0.39 is 16.0 Å². The summed E-state index contributed by atoms with van der Waals surface area (Å²) in [6.07, 6.45) is 1.18. The first-order valence-electron chi connectivity index (χ1n) is 8.46. The summed E-state index contributed by atoms with van der Waals surface area (Å²) in [5, 5.41) is 11.7. The van der Waals surface area contributed by atoms with Crippen molar-refractivity contribution in [2.45, 2.75) is 11.8 Å². The molecular weight excluding hydrogens is 414 g/mol. The lowest BCUT2D eigenvalue weighted by Gasteiger charge is -2.10. The van der Waals surface area contributed by atoms with Gasteiger partial charge in [-0.15, -0.1) is 0 Å². The molecule has 11 nitrogen and oxygen atoms in total. The number of hydrogen-bond donors (Lipinski definition) is 2. The molecular formula is C18H19N5O6S. The molecule has 2 N–H and O–H groups in total. The molecule has 0 saturated heterocycles. The third kappa shape index (κ3) is 5.82. The number of anilines is 2. The Hall–Kier alpha value is -3.85. The van der Waals surface area contributed by atoms with Crippen molar-refractivity contribution in [3.63, 3.8) is 0 Å². The Balaban J connectivity index is 2.17. The molecule has 30 heavy (non-hydrogen) atoms. The molecule has 2 aromatic rings. The maximum absolute atomic E-state index is 12.6. The third-order valence-corrected chi connectivity index (χ3v) is 4.85. The SMILES string of the molecule is CCOC(=O)/C(C#N)=C\Nc1ccc(S(=O)(=O)Nc2cc(OC)nc(OC)n2)cc1. The molecule has 0 aliphatic heterocycles. The van der Waals surface area contributed by atoms with Crippen molar-refractivity contribution in [2.24, 2.45) is 0 Å². The van der Waals surface area contributed by atoms with Gasteiger partial charge in [0.2, 0.25) is 5.88 Å². The minimum Gasteiger partial charge on any atom is -0.481 e. The van der Waals surface area contributed by atoms with E-state index in [0.29, 0.717) is 5.69 Å². The molecule has 0 saturated carbocycles. The summed E-state index contributed by atoms with van der Waals surface area (Å²) in [5.41, 5.74) is 0.234. The minimum atomic E-state index is -3.96. The highest BCUT2D eigenvalue weighted by atomic mass is 32.2. The minimum absolute atomic E-state index is 0.0306. The van der Waals surface area contributed by atoms with E-state index >= 15 is 0 Å². The fourth-order valence-corrected chi connectivity index (χ4v) is 3.07. The highest BCUT2D eigenvalue weighted by Crippen LogP contribution is 2.21. The van der Waals surface area contributed by atoms with Crippen LogP contribution in [0, 0.1) is 11.3 Å². The molecule has 1 aromatic heterocycles. The fourth-order valence-electron chi connectivity index (χ4n) is 2.08. The quantitative estimate of drug-likeness (QED) is 0.339. The van der Waals surface area contributed by atoms with E-state index in [4.69, 9.17) is 19.5 Å². The van der Waals surface area contributed by atoms with Gasteiger partial charge in [0.25, 0.3) is 10.0 Å². The fraction of sp³-hybridized carbons (Fsp3) is 0.222. The Bertz CT molecular complexity index is 1050. The first-order valence-corrected chi connectivity index (χ1v) is 9.95. The van der Waals surface area contributed by atoms with Gasteiger partial charge in [0.15, 0.2) is 11.4 Å². The van der Waals surface area contributed by atoms with E-state index in [9.17, 15) is 13.2 Å². The van der Waals surface area contributed by atoms with Crippen LogP contribution in [0.15, 0.2) is 47.0 Å². The second-order valence-electron chi connectivity index (χ2n) is 5.45. The number of carbonyl (C=O) groups is 1. The number of carbonyl (C=O) groups excluding carboxylic acids is 1. The number of nitriles is 1. The number of nitrogens with one attached hydrogen (secondary N) is 2. The van der Waals surface area contributed by atoms with Crippen molar-refractivity contribution in [2.75, 3.05) is 30.9 Å². The molecule has 0 aliphatic carbocycles. The molecule has 0 fully saturated rings. The largest absolute Gasteiger partial charge is 0.481 e. The lowest BCUT2D eigenvalue weighted by molar-refractivity contribution is -0.138. The van der Waals surface area contributed by atoms with Gasteiger partial charge in [-0.2, -0.15) is 15.2 Å². The van der Waals surface area contributed by atoms with Crippen molar-refractivity contribution in [3.05, 3.63) is 42.1 Å². The van der Waals surface area contributed by atoms with Crippen LogP contribution >= 0.6 is 0 Å². The van der Waals surface area contributed by atoms with Crippen molar-refractivity contribution in [1.29, 1.82) is 5.26 Å². The predicted molar refractivity (Wildman–Crippen MR) is 106 cm³/mol. The van der Waals surface area contributed by atoms with Crippen LogP contribution in [0.1, 0.15) is 6.92 Å². The van der Waals surface area contributed by atoms with E-state index in [0.717, 1.165) is 0 Å². The monoisotopic (exact) mass is 433 g/mol. The molecule has 0 amide bonds. The third-order valence-electron chi connectivity index (χ3n) is 3.48. The van der Waals surface area contributed by atoms with Gasteiger partial charge >= 0.3 is 12.0 Å². The number of ether oxygens (including phenoxy) is 3. The number of aromatic nitrogens is 2. The molecule has 1 aromatic carbocycles. The van der Waals surface area contributed by atoms with Gasteiger partial charge < -0.3 is 19.5 Å². The summed E-state index contributed by atoms with van der Waals surface area (Å²) in [4.78, 5) is 19.3. The van der Waals surface area contributed by atoms with Gasteiger partial charge in [-0.3, -0.25) is 4.72 Å². The molecule has 0 radical (unpaired) electrons. The Kier molecular flexibility index (Phi) is 7.54. The number of rotatable bonds is 9. The maximum atomic E-state index is 12.6. The molecule has 12 heteroatoms. The molecule has 0 spiro atoms.